The van der Waals surface area contributed by atoms with Crippen LogP contribution in [-0.2, 0) is 4.79 Å². The van der Waals surface area contributed by atoms with E-state index in [-0.39, 0.29) is 11.9 Å². The summed E-state index contributed by atoms with van der Waals surface area (Å²) in [6, 6.07) is 5.66. The number of amides is 1. The molecule has 0 heterocycles. The van der Waals surface area contributed by atoms with E-state index in [1.54, 1.807) is 0 Å². The summed E-state index contributed by atoms with van der Waals surface area (Å²) in [5.74, 6) is 1.11. The highest BCUT2D eigenvalue weighted by Gasteiger charge is 2.06. The van der Waals surface area contributed by atoms with Gasteiger partial charge >= 0.3 is 0 Å². The molecular weight excluding hydrogens is 256 g/mol. The first-order valence-electron chi connectivity index (χ1n) is 5.38. The number of thioether (sulfide) groups is 1. The van der Waals surface area contributed by atoms with Gasteiger partial charge in [-0.2, -0.15) is 11.8 Å². The fourth-order valence-electron chi connectivity index (χ4n) is 1.25. The van der Waals surface area contributed by atoms with Crippen molar-refractivity contribution in [3.05, 3.63) is 28.8 Å². The van der Waals surface area contributed by atoms with E-state index >= 15 is 0 Å². The van der Waals surface area contributed by atoms with E-state index in [1.807, 2.05) is 32.0 Å². The molecule has 0 aromatic heterocycles. The molecule has 17 heavy (non-hydrogen) atoms. The van der Waals surface area contributed by atoms with Crippen LogP contribution in [-0.4, -0.2) is 23.5 Å². The van der Waals surface area contributed by atoms with E-state index in [4.69, 9.17) is 17.3 Å². The van der Waals surface area contributed by atoms with Gasteiger partial charge in [0.15, 0.2) is 0 Å². The number of carbonyl (C=O) groups is 1. The van der Waals surface area contributed by atoms with E-state index in [0.717, 1.165) is 11.3 Å². The Kier molecular flexibility index (Phi) is 5.82. The normalized spacial score (nSPS) is 12.2. The lowest BCUT2D eigenvalue weighted by Gasteiger charge is -2.08. The van der Waals surface area contributed by atoms with Gasteiger partial charge in [-0.3, -0.25) is 4.79 Å². The van der Waals surface area contributed by atoms with Crippen molar-refractivity contribution in [3.63, 3.8) is 0 Å². The predicted molar refractivity (Wildman–Crippen MR) is 75.8 cm³/mol. The quantitative estimate of drug-likeness (QED) is 0.866. The van der Waals surface area contributed by atoms with E-state index < -0.39 is 0 Å². The second-order valence-electron chi connectivity index (χ2n) is 4.02. The number of nitrogens with one attached hydrogen (secondary N) is 1. The summed E-state index contributed by atoms with van der Waals surface area (Å²) < 4.78 is 0. The van der Waals surface area contributed by atoms with Crippen molar-refractivity contribution in [2.45, 2.75) is 19.9 Å². The molecule has 3 nitrogen and oxygen atoms in total. The van der Waals surface area contributed by atoms with Gasteiger partial charge in [0.2, 0.25) is 5.91 Å². The largest absolute Gasteiger partial charge is 0.327 e. The Hall–Kier alpha value is -0.710. The Bertz CT molecular complexity index is 396. The number of rotatable bonds is 5. The summed E-state index contributed by atoms with van der Waals surface area (Å²) in [5, 5.41) is 3.34. The van der Waals surface area contributed by atoms with Gasteiger partial charge in [-0.25, -0.2) is 0 Å². The zero-order valence-corrected chi connectivity index (χ0v) is 11.6. The maximum Gasteiger partial charge on any atom is 0.234 e. The van der Waals surface area contributed by atoms with Crippen LogP contribution in [0.3, 0.4) is 0 Å². The van der Waals surface area contributed by atoms with Crippen molar-refractivity contribution >= 4 is 35.0 Å². The molecule has 0 saturated heterocycles. The van der Waals surface area contributed by atoms with Crippen molar-refractivity contribution < 1.29 is 4.79 Å². The lowest BCUT2D eigenvalue weighted by Crippen LogP contribution is -2.20. The number of hydrogen-bond donors (Lipinski definition) is 2. The minimum absolute atomic E-state index is 0.0543. The lowest BCUT2D eigenvalue weighted by molar-refractivity contribution is -0.113. The first-order chi connectivity index (χ1) is 7.99. The summed E-state index contributed by atoms with van der Waals surface area (Å²) in [6.45, 7) is 3.87. The van der Waals surface area contributed by atoms with Gasteiger partial charge in [0.05, 0.1) is 16.5 Å². The van der Waals surface area contributed by atoms with Gasteiger partial charge in [0, 0.05) is 11.8 Å². The molecule has 1 atom stereocenters. The zero-order valence-electron chi connectivity index (χ0n) is 10.00. The number of nitrogens with two attached hydrogens (primary N) is 1. The topological polar surface area (TPSA) is 55.1 Å². The summed E-state index contributed by atoms with van der Waals surface area (Å²) >= 11 is 7.53. The van der Waals surface area contributed by atoms with Crippen LogP contribution in [0, 0.1) is 6.92 Å². The van der Waals surface area contributed by atoms with Crippen molar-refractivity contribution in [3.8, 4) is 0 Å². The Balaban J connectivity index is 2.45. The van der Waals surface area contributed by atoms with Gasteiger partial charge in [-0.05, 0) is 31.5 Å². The molecule has 94 valence electrons. The molecule has 1 rings (SSSR count). The van der Waals surface area contributed by atoms with Crippen LogP contribution in [0.4, 0.5) is 5.69 Å². The Morgan fingerprint density at radius 3 is 2.88 bits per heavy atom. The molecule has 1 unspecified atom stereocenters. The second-order valence-corrected chi connectivity index (χ2v) is 5.46. The van der Waals surface area contributed by atoms with E-state index in [9.17, 15) is 4.79 Å². The van der Waals surface area contributed by atoms with Crippen LogP contribution in [0.15, 0.2) is 18.2 Å². The fourth-order valence-corrected chi connectivity index (χ4v) is 2.27. The third-order valence-electron chi connectivity index (χ3n) is 2.01. The Labute approximate surface area is 111 Å². The number of aryl methyl sites for hydroxylation is 1. The number of carbonyl (C=O) groups excluding carboxylic acids is 1. The second kappa shape index (κ2) is 6.89. The standard InChI is InChI=1S/C12H17ClN2OS/c1-8-3-4-11(10(13)5-8)15-12(16)7-17-6-9(2)14/h3-5,9H,6-7,14H2,1-2H3,(H,15,16). The Morgan fingerprint density at radius 2 is 2.29 bits per heavy atom. The van der Waals surface area contributed by atoms with Gasteiger partial charge in [-0.1, -0.05) is 17.7 Å². The van der Waals surface area contributed by atoms with Gasteiger partial charge in [0.25, 0.3) is 0 Å². The van der Waals surface area contributed by atoms with Crippen LogP contribution < -0.4 is 11.1 Å². The Morgan fingerprint density at radius 1 is 1.59 bits per heavy atom. The molecule has 0 spiro atoms. The third kappa shape index (κ3) is 5.44. The first kappa shape index (κ1) is 14.4. The molecule has 0 bridgehead atoms. The molecule has 0 aliphatic carbocycles. The minimum atomic E-state index is -0.0543. The van der Waals surface area contributed by atoms with Gasteiger partial charge in [0.1, 0.15) is 0 Å². The number of hydrogen-bond acceptors (Lipinski definition) is 3. The smallest absolute Gasteiger partial charge is 0.234 e. The van der Waals surface area contributed by atoms with Crippen LogP contribution in [0.25, 0.3) is 0 Å². The maximum atomic E-state index is 11.6. The van der Waals surface area contributed by atoms with Crippen molar-refractivity contribution in [1.29, 1.82) is 0 Å². The molecule has 3 N–H and O–H groups in total. The molecular formula is C12H17ClN2OS. The van der Waals surface area contributed by atoms with Crippen LogP contribution in [0.1, 0.15) is 12.5 Å². The van der Waals surface area contributed by atoms with Crippen LogP contribution >= 0.6 is 23.4 Å². The lowest BCUT2D eigenvalue weighted by atomic mass is 10.2. The summed E-state index contributed by atoms with van der Waals surface area (Å²) in [6.07, 6.45) is 0. The highest BCUT2D eigenvalue weighted by atomic mass is 35.5. The molecule has 0 fully saturated rings. The maximum absolute atomic E-state index is 11.6. The highest BCUT2D eigenvalue weighted by Crippen LogP contribution is 2.22. The summed E-state index contributed by atoms with van der Waals surface area (Å²) in [4.78, 5) is 11.6. The summed E-state index contributed by atoms with van der Waals surface area (Å²) in [5.41, 5.74) is 7.32. The molecule has 0 radical (unpaired) electrons. The molecule has 0 aliphatic heterocycles. The molecule has 5 heteroatoms. The number of halogens is 1. The third-order valence-corrected chi connectivity index (χ3v) is 3.55. The number of anilines is 1. The molecule has 0 aliphatic rings. The van der Waals surface area contributed by atoms with Crippen molar-refractivity contribution in [2.75, 3.05) is 16.8 Å². The number of benzene rings is 1. The van der Waals surface area contributed by atoms with E-state index in [0.29, 0.717) is 16.5 Å². The first-order valence-corrected chi connectivity index (χ1v) is 6.91. The van der Waals surface area contributed by atoms with Crippen LogP contribution in [0.2, 0.25) is 5.02 Å². The van der Waals surface area contributed by atoms with Crippen molar-refractivity contribution in [2.24, 2.45) is 5.73 Å². The fraction of sp³-hybridized carbons (Fsp3) is 0.417. The highest BCUT2D eigenvalue weighted by molar-refractivity contribution is 8.00. The van der Waals surface area contributed by atoms with E-state index in [1.165, 1.54) is 11.8 Å². The SMILES string of the molecule is Cc1ccc(NC(=O)CSCC(C)N)c(Cl)c1. The summed E-state index contributed by atoms with van der Waals surface area (Å²) in [7, 11) is 0. The van der Waals surface area contributed by atoms with E-state index in [2.05, 4.69) is 5.32 Å². The minimum Gasteiger partial charge on any atom is -0.327 e. The van der Waals surface area contributed by atoms with Gasteiger partial charge in [-0.15, -0.1) is 0 Å². The molecule has 1 aromatic carbocycles. The average Bonchev–Trinajstić information content (AvgIpc) is 2.21. The zero-order chi connectivity index (χ0) is 12.8. The molecule has 1 amide bonds. The monoisotopic (exact) mass is 272 g/mol. The molecule has 1 aromatic rings. The van der Waals surface area contributed by atoms with Crippen molar-refractivity contribution in [1.82, 2.24) is 0 Å². The predicted octanol–water partition coefficient (Wildman–Crippen LogP) is 2.67. The van der Waals surface area contributed by atoms with Crippen LogP contribution in [0.5, 0.6) is 0 Å². The average molecular weight is 273 g/mol. The molecule has 0 saturated carbocycles. The van der Waals surface area contributed by atoms with Gasteiger partial charge < -0.3 is 11.1 Å².